The summed E-state index contributed by atoms with van der Waals surface area (Å²) in [5, 5.41) is 25.0. The van der Waals surface area contributed by atoms with Crippen molar-refractivity contribution in [1.29, 1.82) is 0 Å². The van der Waals surface area contributed by atoms with Gasteiger partial charge in [-0.1, -0.05) is 0 Å². The summed E-state index contributed by atoms with van der Waals surface area (Å²) in [5.41, 5.74) is 0.369. The lowest BCUT2D eigenvalue weighted by Gasteiger charge is -2.21. The van der Waals surface area contributed by atoms with Crippen LogP contribution in [0.3, 0.4) is 0 Å². The monoisotopic (exact) mass is 248 g/mol. The molecule has 18 heavy (non-hydrogen) atoms. The highest BCUT2D eigenvalue weighted by Gasteiger charge is 2.39. The van der Waals surface area contributed by atoms with E-state index in [9.17, 15) is 15.0 Å². The highest BCUT2D eigenvalue weighted by atomic mass is 16.3. The molecular formula is C13H16N2O3. The number of rotatable bonds is 2. The third-order valence-electron chi connectivity index (χ3n) is 3.85. The van der Waals surface area contributed by atoms with Gasteiger partial charge in [-0.25, -0.2) is 0 Å². The van der Waals surface area contributed by atoms with Gasteiger partial charge in [0.1, 0.15) is 0 Å². The SMILES string of the molecule is O=C(N[C@@H]1CC2CCC1N2)c1ccc(O)c(O)c1. The van der Waals surface area contributed by atoms with Gasteiger partial charge in [0.05, 0.1) is 0 Å². The number of benzene rings is 1. The van der Waals surface area contributed by atoms with Crippen LogP contribution in [0.2, 0.25) is 0 Å². The van der Waals surface area contributed by atoms with Gasteiger partial charge in [-0.15, -0.1) is 0 Å². The molecule has 1 amide bonds. The first-order valence-corrected chi connectivity index (χ1v) is 6.22. The molecule has 1 aromatic carbocycles. The van der Waals surface area contributed by atoms with Crippen LogP contribution in [-0.4, -0.2) is 34.2 Å². The van der Waals surface area contributed by atoms with Crippen molar-refractivity contribution in [3.05, 3.63) is 23.8 Å². The number of hydrogen-bond acceptors (Lipinski definition) is 4. The van der Waals surface area contributed by atoms with E-state index in [0.29, 0.717) is 17.6 Å². The van der Waals surface area contributed by atoms with Gasteiger partial charge in [0.25, 0.3) is 5.91 Å². The Morgan fingerprint density at radius 2 is 2.11 bits per heavy atom. The number of fused-ring (bicyclic) bond motifs is 2. The van der Waals surface area contributed by atoms with Gasteiger partial charge in [0.2, 0.25) is 0 Å². The summed E-state index contributed by atoms with van der Waals surface area (Å²) >= 11 is 0. The lowest BCUT2D eigenvalue weighted by molar-refractivity contribution is 0.0930. The largest absolute Gasteiger partial charge is 0.504 e. The third-order valence-corrected chi connectivity index (χ3v) is 3.85. The van der Waals surface area contributed by atoms with Gasteiger partial charge in [0.15, 0.2) is 11.5 Å². The van der Waals surface area contributed by atoms with E-state index in [0.717, 1.165) is 12.8 Å². The van der Waals surface area contributed by atoms with E-state index < -0.39 is 0 Å². The van der Waals surface area contributed by atoms with E-state index in [1.165, 1.54) is 24.6 Å². The smallest absolute Gasteiger partial charge is 0.251 e. The number of aromatic hydroxyl groups is 2. The third kappa shape index (κ3) is 1.90. The quantitative estimate of drug-likeness (QED) is 0.581. The fourth-order valence-corrected chi connectivity index (χ4v) is 2.90. The van der Waals surface area contributed by atoms with Crippen molar-refractivity contribution < 1.29 is 15.0 Å². The second kappa shape index (κ2) is 4.17. The van der Waals surface area contributed by atoms with Crippen molar-refractivity contribution in [3.63, 3.8) is 0 Å². The molecule has 2 unspecified atom stereocenters. The molecule has 1 aromatic rings. The van der Waals surface area contributed by atoms with E-state index in [1.54, 1.807) is 0 Å². The molecule has 0 aromatic heterocycles. The van der Waals surface area contributed by atoms with Gasteiger partial charge in [-0.05, 0) is 37.5 Å². The first kappa shape index (κ1) is 11.3. The molecule has 0 radical (unpaired) electrons. The van der Waals surface area contributed by atoms with E-state index in [1.807, 2.05) is 0 Å². The van der Waals surface area contributed by atoms with Crippen LogP contribution in [0.5, 0.6) is 11.5 Å². The Labute approximate surface area is 105 Å². The lowest BCUT2D eigenvalue weighted by atomic mass is 9.95. The van der Waals surface area contributed by atoms with Crippen molar-refractivity contribution in [2.75, 3.05) is 0 Å². The molecule has 0 spiro atoms. The Morgan fingerprint density at radius 1 is 1.28 bits per heavy atom. The maximum Gasteiger partial charge on any atom is 0.251 e. The molecule has 4 N–H and O–H groups in total. The molecule has 96 valence electrons. The van der Waals surface area contributed by atoms with Crippen LogP contribution >= 0.6 is 0 Å². The van der Waals surface area contributed by atoms with Crippen molar-refractivity contribution >= 4 is 5.91 Å². The van der Waals surface area contributed by atoms with Crippen molar-refractivity contribution in [2.45, 2.75) is 37.4 Å². The number of phenolic OH excluding ortho intramolecular Hbond substituents is 2. The van der Waals surface area contributed by atoms with Gasteiger partial charge in [0, 0.05) is 23.7 Å². The Balaban J connectivity index is 1.69. The summed E-state index contributed by atoms with van der Waals surface area (Å²) in [6.45, 7) is 0. The summed E-state index contributed by atoms with van der Waals surface area (Å²) in [6.07, 6.45) is 3.27. The first-order valence-electron chi connectivity index (χ1n) is 6.22. The number of amides is 1. The molecule has 2 aliphatic heterocycles. The van der Waals surface area contributed by atoms with Crippen LogP contribution < -0.4 is 10.6 Å². The fourth-order valence-electron chi connectivity index (χ4n) is 2.90. The molecule has 3 atom stereocenters. The molecule has 3 rings (SSSR count). The van der Waals surface area contributed by atoms with Gasteiger partial charge in [-0.2, -0.15) is 0 Å². The standard InChI is InChI=1S/C13H16N2O3/c16-11-4-1-7(5-12(11)17)13(18)15-10-6-8-2-3-9(10)14-8/h1,4-5,8-10,14,16-17H,2-3,6H2,(H,15,18)/t8?,9?,10-/m1/s1. The number of phenols is 2. The lowest BCUT2D eigenvalue weighted by Crippen LogP contribution is -2.42. The van der Waals surface area contributed by atoms with E-state index in [2.05, 4.69) is 10.6 Å². The molecule has 2 heterocycles. The number of carbonyl (C=O) groups excluding carboxylic acids is 1. The van der Waals surface area contributed by atoms with E-state index in [-0.39, 0.29) is 23.4 Å². The van der Waals surface area contributed by atoms with Crippen molar-refractivity contribution in [3.8, 4) is 11.5 Å². The Hall–Kier alpha value is -1.75. The molecule has 2 fully saturated rings. The van der Waals surface area contributed by atoms with Crippen LogP contribution in [0.15, 0.2) is 18.2 Å². The van der Waals surface area contributed by atoms with E-state index >= 15 is 0 Å². The maximum atomic E-state index is 12.0. The van der Waals surface area contributed by atoms with Crippen LogP contribution in [0, 0.1) is 0 Å². The van der Waals surface area contributed by atoms with Crippen LogP contribution in [-0.2, 0) is 0 Å². The average Bonchev–Trinajstić information content (AvgIpc) is 2.94. The zero-order valence-electron chi connectivity index (χ0n) is 9.89. The minimum absolute atomic E-state index is 0.173. The molecule has 2 saturated heterocycles. The Kier molecular flexibility index (Phi) is 2.63. The summed E-state index contributed by atoms with van der Waals surface area (Å²) in [4.78, 5) is 12.0. The zero-order valence-corrected chi connectivity index (χ0v) is 9.89. The molecule has 0 aliphatic carbocycles. The fraction of sp³-hybridized carbons (Fsp3) is 0.462. The van der Waals surface area contributed by atoms with Gasteiger partial charge >= 0.3 is 0 Å². The van der Waals surface area contributed by atoms with Gasteiger partial charge < -0.3 is 20.8 Å². The molecule has 5 heteroatoms. The average molecular weight is 248 g/mol. The van der Waals surface area contributed by atoms with Crippen LogP contribution in [0.1, 0.15) is 29.6 Å². The Bertz CT molecular complexity index is 489. The zero-order chi connectivity index (χ0) is 12.7. The molecule has 0 saturated carbocycles. The minimum atomic E-state index is -0.270. The number of carbonyl (C=O) groups is 1. The summed E-state index contributed by atoms with van der Waals surface area (Å²) in [5.74, 6) is -0.688. The normalized spacial score (nSPS) is 29.4. The highest BCUT2D eigenvalue weighted by molar-refractivity contribution is 5.95. The summed E-state index contributed by atoms with van der Waals surface area (Å²) in [6, 6.07) is 5.20. The van der Waals surface area contributed by atoms with E-state index in [4.69, 9.17) is 0 Å². The number of hydrogen-bond donors (Lipinski definition) is 4. The molecule has 2 bridgehead atoms. The molecule has 2 aliphatic rings. The second-order valence-electron chi connectivity index (χ2n) is 5.07. The highest BCUT2D eigenvalue weighted by Crippen LogP contribution is 2.29. The van der Waals surface area contributed by atoms with Crippen molar-refractivity contribution in [1.82, 2.24) is 10.6 Å². The minimum Gasteiger partial charge on any atom is -0.504 e. The van der Waals surface area contributed by atoms with Gasteiger partial charge in [-0.3, -0.25) is 4.79 Å². The maximum absolute atomic E-state index is 12.0. The first-order chi connectivity index (χ1) is 8.63. The summed E-state index contributed by atoms with van der Waals surface area (Å²) in [7, 11) is 0. The topological polar surface area (TPSA) is 81.6 Å². The van der Waals surface area contributed by atoms with Crippen molar-refractivity contribution in [2.24, 2.45) is 0 Å². The second-order valence-corrected chi connectivity index (χ2v) is 5.07. The van der Waals surface area contributed by atoms with Crippen LogP contribution in [0.4, 0.5) is 0 Å². The predicted molar refractivity (Wildman–Crippen MR) is 65.6 cm³/mol. The molecule has 5 nitrogen and oxygen atoms in total. The number of nitrogens with one attached hydrogen (secondary N) is 2. The Morgan fingerprint density at radius 3 is 2.72 bits per heavy atom. The predicted octanol–water partition coefficient (Wildman–Crippen LogP) is 0.720. The van der Waals surface area contributed by atoms with Crippen LogP contribution in [0.25, 0.3) is 0 Å². The molecular weight excluding hydrogens is 232 g/mol. The summed E-state index contributed by atoms with van der Waals surface area (Å²) < 4.78 is 0.